The second kappa shape index (κ2) is 8.61. The van der Waals surface area contributed by atoms with Crippen LogP contribution in [-0.4, -0.2) is 10.5 Å². The first-order valence-corrected chi connectivity index (χ1v) is 10.1. The minimum Gasteiger partial charge on any atom is -0.319 e. The quantitative estimate of drug-likeness (QED) is 0.415. The number of carbonyl (C=O) groups excluding carboxylic acids is 1. The lowest BCUT2D eigenvalue weighted by Crippen LogP contribution is -2.14. The number of halogens is 1. The van der Waals surface area contributed by atoms with E-state index in [0.29, 0.717) is 0 Å². The average molecular weight is 416 g/mol. The van der Waals surface area contributed by atoms with Crippen molar-refractivity contribution in [3.8, 4) is 11.8 Å². The van der Waals surface area contributed by atoms with Crippen LogP contribution >= 0.6 is 0 Å². The number of hydrogen-bond acceptors (Lipinski definition) is 2. The van der Waals surface area contributed by atoms with Gasteiger partial charge in [-0.2, -0.15) is 5.26 Å². The number of amides is 1. The molecular weight excluding hydrogens is 389 g/mol. The fourth-order valence-corrected chi connectivity index (χ4v) is 3.50. The molecule has 3 aromatic rings. The summed E-state index contributed by atoms with van der Waals surface area (Å²) < 4.78 is 15.9. The van der Waals surface area contributed by atoms with Crippen LogP contribution in [0.3, 0.4) is 0 Å². The molecule has 158 valence electrons. The van der Waals surface area contributed by atoms with E-state index in [1.54, 1.807) is 12.1 Å². The molecule has 0 fully saturated rings. The number of nitrogens with one attached hydrogen (secondary N) is 1. The summed E-state index contributed by atoms with van der Waals surface area (Å²) in [6.45, 7) is 10.4. The van der Waals surface area contributed by atoms with E-state index in [2.05, 4.69) is 54.9 Å². The zero-order chi connectivity index (χ0) is 22.8. The summed E-state index contributed by atoms with van der Waals surface area (Å²) in [6.07, 6.45) is 1.54. The third kappa shape index (κ3) is 4.75. The van der Waals surface area contributed by atoms with E-state index in [9.17, 15) is 14.4 Å². The molecule has 1 aromatic heterocycles. The van der Waals surface area contributed by atoms with E-state index < -0.39 is 11.7 Å². The SMILES string of the molecule is Cc1cc(/C=C(\C#N)C(=O)Nc2ccccc2F)c(C)n1-c1ccc(C(C)(C)C)cc1. The van der Waals surface area contributed by atoms with Crippen molar-refractivity contribution in [2.75, 3.05) is 5.32 Å². The van der Waals surface area contributed by atoms with Gasteiger partial charge in [-0.15, -0.1) is 0 Å². The summed E-state index contributed by atoms with van der Waals surface area (Å²) in [5.41, 5.74) is 4.93. The van der Waals surface area contributed by atoms with Crippen molar-refractivity contribution in [1.82, 2.24) is 4.57 Å². The van der Waals surface area contributed by atoms with E-state index in [1.165, 1.54) is 23.8 Å². The minimum absolute atomic E-state index is 0.0399. The van der Waals surface area contributed by atoms with Gasteiger partial charge >= 0.3 is 0 Å². The van der Waals surface area contributed by atoms with Crippen LogP contribution in [0.15, 0.2) is 60.2 Å². The van der Waals surface area contributed by atoms with Gasteiger partial charge in [0.25, 0.3) is 5.91 Å². The number of para-hydroxylation sites is 1. The Morgan fingerprint density at radius 1 is 1.10 bits per heavy atom. The van der Waals surface area contributed by atoms with Gasteiger partial charge in [0.1, 0.15) is 17.5 Å². The van der Waals surface area contributed by atoms with Gasteiger partial charge in [0.05, 0.1) is 5.69 Å². The van der Waals surface area contributed by atoms with Gasteiger partial charge in [-0.1, -0.05) is 45.0 Å². The first-order chi connectivity index (χ1) is 14.6. The molecule has 0 aliphatic heterocycles. The standard InChI is InChI=1S/C26H26FN3O/c1-17-14-19(15-20(16-28)25(31)29-24-9-7-6-8-23(24)27)18(2)30(17)22-12-10-21(11-13-22)26(3,4)5/h6-15H,1-5H3,(H,29,31)/b20-15+. The number of carbonyl (C=O) groups is 1. The lowest BCUT2D eigenvalue weighted by Gasteiger charge is -2.20. The van der Waals surface area contributed by atoms with Crippen molar-refractivity contribution in [2.24, 2.45) is 0 Å². The number of hydrogen-bond donors (Lipinski definition) is 1. The fourth-order valence-electron chi connectivity index (χ4n) is 3.50. The van der Waals surface area contributed by atoms with Crippen LogP contribution in [0, 0.1) is 31.0 Å². The maximum atomic E-state index is 13.8. The van der Waals surface area contributed by atoms with Gasteiger partial charge in [0.2, 0.25) is 0 Å². The first kappa shape index (κ1) is 22.0. The van der Waals surface area contributed by atoms with Gasteiger partial charge in [-0.3, -0.25) is 4.79 Å². The molecule has 0 aliphatic carbocycles. The number of rotatable bonds is 4. The molecule has 31 heavy (non-hydrogen) atoms. The van der Waals surface area contributed by atoms with Crippen molar-refractivity contribution in [2.45, 2.75) is 40.0 Å². The van der Waals surface area contributed by atoms with Crippen LogP contribution in [0.2, 0.25) is 0 Å². The van der Waals surface area contributed by atoms with E-state index in [4.69, 9.17) is 0 Å². The highest BCUT2D eigenvalue weighted by atomic mass is 19.1. The van der Waals surface area contributed by atoms with Crippen LogP contribution in [0.1, 0.15) is 43.3 Å². The largest absolute Gasteiger partial charge is 0.319 e. The normalized spacial score (nSPS) is 11.8. The molecule has 1 N–H and O–H groups in total. The molecule has 0 bridgehead atoms. The smallest absolute Gasteiger partial charge is 0.266 e. The Bertz CT molecular complexity index is 1190. The second-order valence-electron chi connectivity index (χ2n) is 8.56. The lowest BCUT2D eigenvalue weighted by molar-refractivity contribution is -0.112. The molecule has 0 saturated carbocycles. The summed E-state index contributed by atoms with van der Waals surface area (Å²) in [5.74, 6) is -1.20. The van der Waals surface area contributed by atoms with Crippen molar-refractivity contribution < 1.29 is 9.18 Å². The zero-order valence-electron chi connectivity index (χ0n) is 18.5. The molecule has 3 rings (SSSR count). The average Bonchev–Trinajstić information content (AvgIpc) is 3.00. The van der Waals surface area contributed by atoms with Gasteiger partial charge < -0.3 is 9.88 Å². The fraction of sp³-hybridized carbons (Fsp3) is 0.231. The zero-order valence-corrected chi connectivity index (χ0v) is 18.5. The van der Waals surface area contributed by atoms with Gasteiger partial charge in [0, 0.05) is 17.1 Å². The number of anilines is 1. The number of aryl methyl sites for hydroxylation is 1. The van der Waals surface area contributed by atoms with E-state index in [-0.39, 0.29) is 16.7 Å². The van der Waals surface area contributed by atoms with Gasteiger partial charge in [-0.05, 0) is 66.8 Å². The highest BCUT2D eigenvalue weighted by Gasteiger charge is 2.16. The third-order valence-electron chi connectivity index (χ3n) is 5.25. The molecule has 1 amide bonds. The summed E-state index contributed by atoms with van der Waals surface area (Å²) in [6, 6.07) is 18.1. The molecule has 0 radical (unpaired) electrons. The second-order valence-corrected chi connectivity index (χ2v) is 8.56. The van der Waals surface area contributed by atoms with Gasteiger partial charge in [-0.25, -0.2) is 4.39 Å². The molecular formula is C26H26FN3O. The Kier molecular flexibility index (Phi) is 6.12. The first-order valence-electron chi connectivity index (χ1n) is 10.1. The van der Waals surface area contributed by atoms with Crippen LogP contribution in [0.25, 0.3) is 11.8 Å². The van der Waals surface area contributed by atoms with Crippen molar-refractivity contribution in [1.29, 1.82) is 5.26 Å². The minimum atomic E-state index is -0.646. The molecule has 0 unspecified atom stereocenters. The number of nitriles is 1. The summed E-state index contributed by atoms with van der Waals surface area (Å²) in [5, 5.41) is 12.0. The molecule has 2 aromatic carbocycles. The van der Waals surface area contributed by atoms with Crippen LogP contribution in [-0.2, 0) is 10.2 Å². The summed E-state index contributed by atoms with van der Waals surface area (Å²) >= 11 is 0. The van der Waals surface area contributed by atoms with E-state index >= 15 is 0 Å². The lowest BCUT2D eigenvalue weighted by atomic mass is 9.87. The van der Waals surface area contributed by atoms with E-state index in [1.807, 2.05) is 26.0 Å². The number of nitrogens with zero attached hydrogens (tertiary/aromatic N) is 2. The van der Waals surface area contributed by atoms with Crippen LogP contribution in [0.4, 0.5) is 10.1 Å². The highest BCUT2D eigenvalue weighted by Crippen LogP contribution is 2.27. The van der Waals surface area contributed by atoms with Crippen molar-refractivity contribution in [3.05, 3.63) is 88.5 Å². The molecule has 0 aliphatic rings. The topological polar surface area (TPSA) is 57.8 Å². The summed E-state index contributed by atoms with van der Waals surface area (Å²) in [7, 11) is 0. The Hall–Kier alpha value is -3.65. The maximum absolute atomic E-state index is 13.8. The van der Waals surface area contributed by atoms with Crippen LogP contribution < -0.4 is 5.32 Å². The predicted molar refractivity (Wildman–Crippen MR) is 123 cm³/mol. The Labute approximate surface area is 182 Å². The van der Waals surface area contributed by atoms with E-state index in [0.717, 1.165) is 22.6 Å². The molecule has 4 nitrogen and oxygen atoms in total. The number of aromatic nitrogens is 1. The van der Waals surface area contributed by atoms with Crippen molar-refractivity contribution >= 4 is 17.7 Å². The molecule has 1 heterocycles. The molecule has 0 saturated heterocycles. The number of benzene rings is 2. The Morgan fingerprint density at radius 3 is 2.32 bits per heavy atom. The predicted octanol–water partition coefficient (Wildman–Crippen LogP) is 6.08. The summed E-state index contributed by atoms with van der Waals surface area (Å²) in [4.78, 5) is 12.5. The monoisotopic (exact) mass is 415 g/mol. The molecule has 5 heteroatoms. The van der Waals surface area contributed by atoms with Crippen molar-refractivity contribution in [3.63, 3.8) is 0 Å². The highest BCUT2D eigenvalue weighted by molar-refractivity contribution is 6.09. The molecule has 0 spiro atoms. The van der Waals surface area contributed by atoms with Crippen LogP contribution in [0.5, 0.6) is 0 Å². The Morgan fingerprint density at radius 2 is 1.74 bits per heavy atom. The molecule has 0 atom stereocenters. The third-order valence-corrected chi connectivity index (χ3v) is 5.25. The Balaban J connectivity index is 1.93. The maximum Gasteiger partial charge on any atom is 0.266 e. The van der Waals surface area contributed by atoms with Gasteiger partial charge in [0.15, 0.2) is 0 Å².